The van der Waals surface area contributed by atoms with E-state index in [1.807, 2.05) is 0 Å². The van der Waals surface area contributed by atoms with Crippen molar-refractivity contribution < 1.29 is 14.5 Å². The van der Waals surface area contributed by atoms with Crippen molar-refractivity contribution in [2.75, 3.05) is 23.9 Å². The predicted octanol–water partition coefficient (Wildman–Crippen LogP) is 3.30. The Morgan fingerprint density at radius 1 is 1.03 bits per heavy atom. The standard InChI is InChI=1S/C18H14N8O4/c1-23-15-14(21-20-12-3-5-13(6-4-12)26(29)30)16(24(2)18(23)28)25(22-15)17(27)11-7-9-19-10-8-11/h3-10H,1-2H3. The molecule has 0 saturated heterocycles. The lowest BCUT2D eigenvalue weighted by atomic mass is 10.2. The average Bonchev–Trinajstić information content (AvgIpc) is 3.11. The molecule has 2 aromatic heterocycles. The number of hydrogen-bond donors (Lipinski definition) is 0. The van der Waals surface area contributed by atoms with Crippen LogP contribution in [-0.4, -0.2) is 45.7 Å². The highest BCUT2D eigenvalue weighted by molar-refractivity contribution is 6.13. The molecule has 12 nitrogen and oxygen atoms in total. The molecular formula is C18H14N8O4. The highest BCUT2D eigenvalue weighted by Gasteiger charge is 2.37. The molecule has 1 aliphatic rings. The molecule has 2 bridgehead atoms. The Bertz CT molecular complexity index is 1190. The number of azo groups is 1. The molecule has 0 N–H and O–H groups in total. The van der Waals surface area contributed by atoms with Gasteiger partial charge in [0.2, 0.25) is 0 Å². The Kier molecular flexibility index (Phi) is 4.50. The molecule has 2 amide bonds. The first-order chi connectivity index (χ1) is 14.4. The van der Waals surface area contributed by atoms with Crippen LogP contribution in [0.15, 0.2) is 59.0 Å². The maximum absolute atomic E-state index is 12.9. The number of nitrogens with zero attached hydrogens (tertiary/aromatic N) is 8. The van der Waals surface area contributed by atoms with E-state index < -0.39 is 10.8 Å². The van der Waals surface area contributed by atoms with Crippen LogP contribution < -0.4 is 9.80 Å². The summed E-state index contributed by atoms with van der Waals surface area (Å²) in [6.07, 6.45) is 2.96. The number of benzene rings is 1. The molecule has 4 rings (SSSR count). The van der Waals surface area contributed by atoms with E-state index in [-0.39, 0.29) is 29.0 Å². The van der Waals surface area contributed by atoms with Gasteiger partial charge in [-0.2, -0.15) is 9.80 Å². The van der Waals surface area contributed by atoms with Crippen LogP contribution in [0.5, 0.6) is 0 Å². The second-order valence-corrected chi connectivity index (χ2v) is 6.32. The molecule has 1 aromatic carbocycles. The molecule has 30 heavy (non-hydrogen) atoms. The number of amides is 2. The minimum atomic E-state index is -0.514. The fraction of sp³-hybridized carbons (Fsp3) is 0.111. The first kappa shape index (κ1) is 18.9. The summed E-state index contributed by atoms with van der Waals surface area (Å²) in [6.45, 7) is 0. The van der Waals surface area contributed by atoms with Crippen molar-refractivity contribution in [1.82, 2.24) is 14.8 Å². The molecule has 0 fully saturated rings. The van der Waals surface area contributed by atoms with E-state index in [0.717, 1.165) is 4.68 Å². The van der Waals surface area contributed by atoms with Crippen molar-refractivity contribution in [2.45, 2.75) is 0 Å². The highest BCUT2D eigenvalue weighted by atomic mass is 16.6. The molecule has 0 saturated carbocycles. The Hall–Kier alpha value is -4.48. The zero-order valence-corrected chi connectivity index (χ0v) is 15.8. The number of non-ortho nitro benzene ring substituents is 1. The predicted molar refractivity (Wildman–Crippen MR) is 106 cm³/mol. The lowest BCUT2D eigenvalue weighted by Crippen LogP contribution is -2.41. The molecular weight excluding hydrogens is 392 g/mol. The van der Waals surface area contributed by atoms with Gasteiger partial charge in [0.25, 0.3) is 11.6 Å². The normalized spacial score (nSPS) is 13.2. The molecule has 12 heteroatoms. The van der Waals surface area contributed by atoms with Gasteiger partial charge in [-0.15, -0.1) is 10.2 Å². The minimum absolute atomic E-state index is 0.0720. The van der Waals surface area contributed by atoms with Gasteiger partial charge in [-0.05, 0) is 24.3 Å². The third-order valence-electron chi connectivity index (χ3n) is 4.47. The van der Waals surface area contributed by atoms with Gasteiger partial charge < -0.3 is 0 Å². The van der Waals surface area contributed by atoms with Gasteiger partial charge in [0.15, 0.2) is 17.3 Å². The molecule has 0 aliphatic carbocycles. The minimum Gasteiger partial charge on any atom is -0.279 e. The van der Waals surface area contributed by atoms with Crippen LogP contribution in [0.1, 0.15) is 10.4 Å². The van der Waals surface area contributed by atoms with E-state index in [0.29, 0.717) is 11.3 Å². The number of carbonyl (C=O) groups excluding carboxylic acids is 2. The summed E-state index contributed by atoms with van der Waals surface area (Å²) in [4.78, 5) is 42.1. The number of hydrogen-bond acceptors (Lipinski definition) is 8. The van der Waals surface area contributed by atoms with Crippen molar-refractivity contribution in [3.8, 4) is 0 Å². The number of pyridine rings is 1. The van der Waals surface area contributed by atoms with E-state index in [1.54, 1.807) is 0 Å². The van der Waals surface area contributed by atoms with E-state index in [4.69, 9.17) is 0 Å². The van der Waals surface area contributed by atoms with E-state index >= 15 is 0 Å². The van der Waals surface area contributed by atoms with Gasteiger partial charge in [0, 0.05) is 44.2 Å². The van der Waals surface area contributed by atoms with Gasteiger partial charge >= 0.3 is 6.03 Å². The van der Waals surface area contributed by atoms with Crippen LogP contribution in [0.2, 0.25) is 0 Å². The fourth-order valence-corrected chi connectivity index (χ4v) is 2.92. The molecule has 3 heterocycles. The first-order valence-electron chi connectivity index (χ1n) is 8.64. The second-order valence-electron chi connectivity index (χ2n) is 6.32. The summed E-state index contributed by atoms with van der Waals surface area (Å²) < 4.78 is 1.09. The highest BCUT2D eigenvalue weighted by Crippen LogP contribution is 2.43. The number of carbonyl (C=O) groups is 2. The zero-order valence-electron chi connectivity index (χ0n) is 15.8. The number of urea groups is 1. The Morgan fingerprint density at radius 2 is 1.70 bits per heavy atom. The summed E-state index contributed by atoms with van der Waals surface area (Å²) >= 11 is 0. The zero-order chi connectivity index (χ0) is 21.4. The molecule has 0 radical (unpaired) electrons. The van der Waals surface area contributed by atoms with Crippen LogP contribution in [0, 0.1) is 10.1 Å². The van der Waals surface area contributed by atoms with Crippen molar-refractivity contribution >= 4 is 40.6 Å². The quantitative estimate of drug-likeness (QED) is 0.370. The lowest BCUT2D eigenvalue weighted by molar-refractivity contribution is -0.384. The molecule has 3 aromatic rings. The topological polar surface area (TPSA) is 139 Å². The fourth-order valence-electron chi connectivity index (χ4n) is 2.92. The maximum Gasteiger partial charge on any atom is 0.330 e. The summed E-state index contributed by atoms with van der Waals surface area (Å²) in [5.41, 5.74) is 0.852. The number of aromatic nitrogens is 3. The monoisotopic (exact) mass is 406 g/mol. The third kappa shape index (κ3) is 3.05. The molecule has 1 aliphatic heterocycles. The first-order valence-corrected chi connectivity index (χ1v) is 8.64. The van der Waals surface area contributed by atoms with Crippen LogP contribution in [0.3, 0.4) is 0 Å². The third-order valence-corrected chi connectivity index (χ3v) is 4.47. The van der Waals surface area contributed by atoms with Gasteiger partial charge in [-0.1, -0.05) is 0 Å². The summed E-state index contributed by atoms with van der Waals surface area (Å²) in [5.74, 6) is -0.123. The Balaban J connectivity index is 1.77. The number of nitro groups is 1. The number of rotatable bonds is 4. The smallest absolute Gasteiger partial charge is 0.279 e. The SMILES string of the molecule is CN1C(=O)N(C)c2c(N=Nc3ccc([N+](=O)[O-])cc3)c1nn2C(=O)c1ccncc1. The lowest BCUT2D eigenvalue weighted by Gasteiger charge is -2.26. The average molecular weight is 406 g/mol. The summed E-state index contributed by atoms with van der Waals surface area (Å²) in [6, 6.07) is 8.18. The van der Waals surface area contributed by atoms with Crippen molar-refractivity contribution in [1.29, 1.82) is 0 Å². The van der Waals surface area contributed by atoms with Crippen LogP contribution in [-0.2, 0) is 0 Å². The molecule has 150 valence electrons. The summed E-state index contributed by atoms with van der Waals surface area (Å²) in [7, 11) is 3.01. The van der Waals surface area contributed by atoms with Crippen LogP contribution >= 0.6 is 0 Å². The van der Waals surface area contributed by atoms with E-state index in [2.05, 4.69) is 20.3 Å². The van der Waals surface area contributed by atoms with Gasteiger partial charge in [-0.25, -0.2) is 4.79 Å². The van der Waals surface area contributed by atoms with Crippen LogP contribution in [0.25, 0.3) is 0 Å². The van der Waals surface area contributed by atoms with E-state index in [1.165, 1.54) is 72.7 Å². The van der Waals surface area contributed by atoms with Crippen LogP contribution in [0.4, 0.5) is 33.5 Å². The Morgan fingerprint density at radius 3 is 2.33 bits per heavy atom. The van der Waals surface area contributed by atoms with E-state index in [9.17, 15) is 19.7 Å². The second kappa shape index (κ2) is 7.16. The van der Waals surface area contributed by atoms with Gasteiger partial charge in [0.1, 0.15) is 0 Å². The maximum atomic E-state index is 12.9. The van der Waals surface area contributed by atoms with Crippen molar-refractivity contribution in [3.05, 3.63) is 64.5 Å². The molecule has 0 spiro atoms. The van der Waals surface area contributed by atoms with Gasteiger partial charge in [0.05, 0.1) is 10.6 Å². The molecule has 0 unspecified atom stereocenters. The summed E-state index contributed by atoms with van der Waals surface area (Å²) in [5, 5.41) is 23.3. The number of fused-ring (bicyclic) bond motifs is 2. The number of anilines is 2. The molecule has 0 atom stereocenters. The largest absolute Gasteiger partial charge is 0.330 e. The van der Waals surface area contributed by atoms with Crippen molar-refractivity contribution in [3.63, 3.8) is 0 Å². The Labute approximate surface area is 169 Å². The number of nitro benzene ring substituents is 1. The van der Waals surface area contributed by atoms with Crippen molar-refractivity contribution in [2.24, 2.45) is 10.2 Å². The van der Waals surface area contributed by atoms with Gasteiger partial charge in [-0.3, -0.25) is 29.7 Å².